The standard InChI is InChI=1S/C12H15F3N2/c1-17-5-4-9(7-17)8-2-3-10(11(16)6-8)12(13,14)15/h2-3,6,9H,4-5,7,16H2,1H3. The van der Waals surface area contributed by atoms with Crippen LogP contribution in [0.15, 0.2) is 18.2 Å². The molecule has 0 bridgehead atoms. The Balaban J connectivity index is 2.25. The molecule has 0 saturated carbocycles. The first kappa shape index (κ1) is 12.2. The number of nitrogen functional groups attached to an aromatic ring is 1. The van der Waals surface area contributed by atoms with Crippen LogP contribution in [0.25, 0.3) is 0 Å². The number of nitrogens with zero attached hydrogens (tertiary/aromatic N) is 1. The van der Waals surface area contributed by atoms with E-state index in [-0.39, 0.29) is 5.69 Å². The van der Waals surface area contributed by atoms with Crippen LogP contribution in [0.1, 0.15) is 23.5 Å². The molecule has 0 amide bonds. The van der Waals surface area contributed by atoms with Gasteiger partial charge in [-0.2, -0.15) is 13.2 Å². The Labute approximate surface area is 98.2 Å². The second-order valence-corrected chi connectivity index (χ2v) is 4.59. The van der Waals surface area contributed by atoms with Crippen LogP contribution in [0.2, 0.25) is 0 Å². The van der Waals surface area contributed by atoms with Crippen LogP contribution in [0, 0.1) is 0 Å². The molecule has 0 aromatic heterocycles. The Morgan fingerprint density at radius 3 is 2.53 bits per heavy atom. The summed E-state index contributed by atoms with van der Waals surface area (Å²) >= 11 is 0. The van der Waals surface area contributed by atoms with Crippen molar-refractivity contribution in [3.05, 3.63) is 29.3 Å². The third kappa shape index (κ3) is 2.54. The number of anilines is 1. The van der Waals surface area contributed by atoms with E-state index in [0.29, 0.717) is 5.92 Å². The molecular weight excluding hydrogens is 229 g/mol. The van der Waals surface area contributed by atoms with Crippen molar-refractivity contribution >= 4 is 5.69 Å². The normalized spacial score (nSPS) is 22.0. The molecular formula is C12H15F3N2. The zero-order valence-electron chi connectivity index (χ0n) is 9.59. The molecule has 1 aliphatic heterocycles. The summed E-state index contributed by atoms with van der Waals surface area (Å²) in [6.45, 7) is 1.86. The number of likely N-dealkylation sites (tertiary alicyclic amines) is 1. The molecule has 2 rings (SSSR count). The van der Waals surface area contributed by atoms with Gasteiger partial charge in [-0.1, -0.05) is 6.07 Å². The topological polar surface area (TPSA) is 29.3 Å². The van der Waals surface area contributed by atoms with E-state index in [0.717, 1.165) is 31.1 Å². The van der Waals surface area contributed by atoms with E-state index in [1.807, 2.05) is 7.05 Å². The number of hydrogen-bond donors (Lipinski definition) is 1. The number of nitrogens with two attached hydrogens (primary N) is 1. The van der Waals surface area contributed by atoms with Crippen LogP contribution in [0.5, 0.6) is 0 Å². The minimum Gasteiger partial charge on any atom is -0.398 e. The molecule has 0 aliphatic carbocycles. The van der Waals surface area contributed by atoms with E-state index in [9.17, 15) is 13.2 Å². The molecule has 17 heavy (non-hydrogen) atoms. The third-order valence-corrected chi connectivity index (χ3v) is 3.24. The fraction of sp³-hybridized carbons (Fsp3) is 0.500. The summed E-state index contributed by atoms with van der Waals surface area (Å²) in [7, 11) is 2.01. The fourth-order valence-electron chi connectivity index (χ4n) is 2.30. The van der Waals surface area contributed by atoms with E-state index in [2.05, 4.69) is 4.90 Å². The monoisotopic (exact) mass is 244 g/mol. The Kier molecular flexibility index (Phi) is 3.03. The lowest BCUT2D eigenvalue weighted by molar-refractivity contribution is -0.136. The summed E-state index contributed by atoms with van der Waals surface area (Å²) in [5.41, 5.74) is 5.46. The molecule has 1 aliphatic rings. The Hall–Kier alpha value is -1.23. The minimum atomic E-state index is -4.37. The van der Waals surface area contributed by atoms with Gasteiger partial charge in [0.1, 0.15) is 0 Å². The van der Waals surface area contributed by atoms with Crippen LogP contribution in [0.4, 0.5) is 18.9 Å². The van der Waals surface area contributed by atoms with Crippen molar-refractivity contribution in [2.45, 2.75) is 18.5 Å². The molecule has 94 valence electrons. The average Bonchev–Trinajstić information content (AvgIpc) is 2.62. The molecule has 2 N–H and O–H groups in total. The lowest BCUT2D eigenvalue weighted by Gasteiger charge is -2.15. The molecule has 1 saturated heterocycles. The molecule has 2 nitrogen and oxygen atoms in total. The van der Waals surface area contributed by atoms with Gasteiger partial charge in [-0.3, -0.25) is 0 Å². The zero-order chi connectivity index (χ0) is 12.6. The van der Waals surface area contributed by atoms with Gasteiger partial charge in [-0.05, 0) is 43.6 Å². The first-order valence-corrected chi connectivity index (χ1v) is 5.53. The highest BCUT2D eigenvalue weighted by molar-refractivity contribution is 5.51. The first-order valence-electron chi connectivity index (χ1n) is 5.53. The maximum atomic E-state index is 12.5. The molecule has 1 unspecified atom stereocenters. The van der Waals surface area contributed by atoms with Crippen molar-refractivity contribution in [1.29, 1.82) is 0 Å². The number of halogens is 3. The van der Waals surface area contributed by atoms with Crippen LogP contribution >= 0.6 is 0 Å². The van der Waals surface area contributed by atoms with E-state index in [1.165, 1.54) is 6.07 Å². The van der Waals surface area contributed by atoms with Gasteiger partial charge in [0.15, 0.2) is 0 Å². The van der Waals surface area contributed by atoms with Crippen LogP contribution in [0.3, 0.4) is 0 Å². The summed E-state index contributed by atoms with van der Waals surface area (Å²) in [6, 6.07) is 4.10. The van der Waals surface area contributed by atoms with Crippen molar-refractivity contribution < 1.29 is 13.2 Å². The fourth-order valence-corrected chi connectivity index (χ4v) is 2.30. The van der Waals surface area contributed by atoms with E-state index in [4.69, 9.17) is 5.73 Å². The van der Waals surface area contributed by atoms with Crippen molar-refractivity contribution in [3.63, 3.8) is 0 Å². The van der Waals surface area contributed by atoms with Gasteiger partial charge in [0.05, 0.1) is 5.56 Å². The number of benzene rings is 1. The molecule has 1 aromatic carbocycles. The SMILES string of the molecule is CN1CCC(c2ccc(C(F)(F)F)c(N)c2)C1. The number of likely N-dealkylation sites (N-methyl/N-ethyl adjacent to an activating group) is 1. The number of rotatable bonds is 1. The second kappa shape index (κ2) is 4.22. The first-order chi connectivity index (χ1) is 7.88. The van der Waals surface area contributed by atoms with E-state index in [1.54, 1.807) is 6.07 Å². The van der Waals surface area contributed by atoms with Gasteiger partial charge in [-0.25, -0.2) is 0 Å². The lowest BCUT2D eigenvalue weighted by atomic mass is 9.96. The van der Waals surface area contributed by atoms with Gasteiger partial charge < -0.3 is 10.6 Å². The molecule has 1 aromatic rings. The molecule has 5 heteroatoms. The number of hydrogen-bond acceptors (Lipinski definition) is 2. The highest BCUT2D eigenvalue weighted by atomic mass is 19.4. The Morgan fingerprint density at radius 1 is 1.35 bits per heavy atom. The van der Waals surface area contributed by atoms with E-state index < -0.39 is 11.7 Å². The highest BCUT2D eigenvalue weighted by Gasteiger charge is 2.33. The number of alkyl halides is 3. The summed E-state index contributed by atoms with van der Waals surface area (Å²) in [5.74, 6) is 0.296. The maximum Gasteiger partial charge on any atom is 0.418 e. The summed E-state index contributed by atoms with van der Waals surface area (Å²) in [6.07, 6.45) is -3.39. The summed E-state index contributed by atoms with van der Waals surface area (Å²) in [5, 5.41) is 0. The molecule has 0 spiro atoms. The van der Waals surface area contributed by atoms with E-state index >= 15 is 0 Å². The zero-order valence-corrected chi connectivity index (χ0v) is 9.59. The maximum absolute atomic E-state index is 12.5. The third-order valence-electron chi connectivity index (χ3n) is 3.24. The average molecular weight is 244 g/mol. The van der Waals surface area contributed by atoms with Crippen LogP contribution < -0.4 is 5.73 Å². The molecule has 1 atom stereocenters. The van der Waals surface area contributed by atoms with Crippen LogP contribution in [-0.2, 0) is 6.18 Å². The molecule has 0 radical (unpaired) electrons. The predicted molar refractivity (Wildman–Crippen MR) is 60.7 cm³/mol. The largest absolute Gasteiger partial charge is 0.418 e. The van der Waals surface area contributed by atoms with Crippen molar-refractivity contribution in [1.82, 2.24) is 4.90 Å². The summed E-state index contributed by atoms with van der Waals surface area (Å²) in [4.78, 5) is 2.17. The Bertz CT molecular complexity index is 415. The molecule has 1 heterocycles. The summed E-state index contributed by atoms with van der Waals surface area (Å²) < 4.78 is 37.6. The minimum absolute atomic E-state index is 0.176. The van der Waals surface area contributed by atoms with Gasteiger partial charge in [0.2, 0.25) is 0 Å². The van der Waals surface area contributed by atoms with Crippen molar-refractivity contribution in [3.8, 4) is 0 Å². The van der Waals surface area contributed by atoms with Crippen LogP contribution in [-0.4, -0.2) is 25.0 Å². The lowest BCUT2D eigenvalue weighted by Crippen LogP contribution is -2.14. The molecule has 1 fully saturated rings. The smallest absolute Gasteiger partial charge is 0.398 e. The van der Waals surface area contributed by atoms with Crippen molar-refractivity contribution in [2.24, 2.45) is 0 Å². The highest BCUT2D eigenvalue weighted by Crippen LogP contribution is 2.36. The van der Waals surface area contributed by atoms with Gasteiger partial charge >= 0.3 is 6.18 Å². The van der Waals surface area contributed by atoms with Crippen molar-refractivity contribution in [2.75, 3.05) is 25.9 Å². The Morgan fingerprint density at radius 2 is 2.06 bits per heavy atom. The predicted octanol–water partition coefficient (Wildman–Crippen LogP) is 2.71. The van der Waals surface area contributed by atoms with Gasteiger partial charge in [-0.15, -0.1) is 0 Å². The van der Waals surface area contributed by atoms with Gasteiger partial charge in [0, 0.05) is 12.2 Å². The van der Waals surface area contributed by atoms with Gasteiger partial charge in [0.25, 0.3) is 0 Å². The second-order valence-electron chi connectivity index (χ2n) is 4.59. The quantitative estimate of drug-likeness (QED) is 0.770.